The number of hydrogen-bond acceptors (Lipinski definition) is 4. The minimum absolute atomic E-state index is 0.255. The summed E-state index contributed by atoms with van der Waals surface area (Å²) >= 11 is 0. The van der Waals surface area contributed by atoms with E-state index in [-0.39, 0.29) is 6.04 Å². The van der Waals surface area contributed by atoms with Crippen molar-refractivity contribution in [3.63, 3.8) is 0 Å². The number of allylic oxidation sites excluding steroid dienone is 8. The van der Waals surface area contributed by atoms with Gasteiger partial charge < -0.3 is 0 Å². The molecule has 24 heavy (non-hydrogen) atoms. The summed E-state index contributed by atoms with van der Waals surface area (Å²) in [6.45, 7) is 4.24. The van der Waals surface area contributed by atoms with Crippen LogP contribution in [0.15, 0.2) is 54.3 Å². The second kappa shape index (κ2) is 7.81. The van der Waals surface area contributed by atoms with Crippen LogP contribution in [0.4, 0.5) is 0 Å². The molecule has 2 heterocycles. The maximum absolute atomic E-state index is 4.63. The molecule has 0 bridgehead atoms. The molecule has 0 aromatic carbocycles. The molecule has 3 rings (SSSR count). The third-order valence-corrected chi connectivity index (χ3v) is 4.17. The number of aromatic nitrogens is 5. The van der Waals surface area contributed by atoms with Gasteiger partial charge in [-0.1, -0.05) is 54.7 Å². The van der Waals surface area contributed by atoms with Crippen LogP contribution in [0, 0.1) is 0 Å². The minimum atomic E-state index is 0.255. The van der Waals surface area contributed by atoms with Crippen molar-refractivity contribution in [2.24, 2.45) is 0 Å². The maximum Gasteiger partial charge on any atom is 0.221 e. The van der Waals surface area contributed by atoms with Crippen LogP contribution in [-0.4, -0.2) is 25.0 Å². The van der Waals surface area contributed by atoms with Gasteiger partial charge in [0.25, 0.3) is 0 Å². The molecule has 1 aliphatic rings. The van der Waals surface area contributed by atoms with Crippen LogP contribution in [0.25, 0.3) is 11.3 Å². The number of fused-ring (bicyclic) bond motifs is 1. The zero-order valence-corrected chi connectivity index (χ0v) is 14.3. The Morgan fingerprint density at radius 2 is 1.96 bits per heavy atom. The standard InChI is InChI=1S/C19H23N5/c1-3-17-14-20-18-19(21-17)24(23-22-18)15(2)10-9-13-16-11-7-5-4-6-8-12-16/h4-8,11-12,14-15H,3,9-10,13H2,1-2H3/b5-4-,6-4?,7-5?,8-6-,11-7-,12-8?,16-11?,16-12+. The first-order chi connectivity index (χ1) is 11.8. The van der Waals surface area contributed by atoms with Crippen molar-refractivity contribution in [2.75, 3.05) is 0 Å². The zero-order valence-electron chi connectivity index (χ0n) is 14.3. The first kappa shape index (κ1) is 16.3. The Hall–Kier alpha value is -2.56. The highest BCUT2D eigenvalue weighted by Gasteiger charge is 2.13. The topological polar surface area (TPSA) is 56.5 Å². The van der Waals surface area contributed by atoms with E-state index >= 15 is 0 Å². The van der Waals surface area contributed by atoms with Crippen molar-refractivity contribution in [2.45, 2.75) is 45.6 Å². The lowest BCUT2D eigenvalue weighted by molar-refractivity contribution is 0.445. The second-order valence-electron chi connectivity index (χ2n) is 6.01. The van der Waals surface area contributed by atoms with Crippen LogP contribution in [-0.2, 0) is 6.42 Å². The number of nitrogens with zero attached hydrogens (tertiary/aromatic N) is 5. The van der Waals surface area contributed by atoms with Gasteiger partial charge in [-0.15, -0.1) is 5.10 Å². The molecular formula is C19H23N5. The molecular weight excluding hydrogens is 298 g/mol. The molecule has 0 fully saturated rings. The zero-order chi connectivity index (χ0) is 16.8. The molecule has 124 valence electrons. The molecule has 1 aliphatic carbocycles. The van der Waals surface area contributed by atoms with Crippen LogP contribution in [0.2, 0.25) is 0 Å². The van der Waals surface area contributed by atoms with E-state index in [9.17, 15) is 0 Å². The first-order valence-corrected chi connectivity index (χ1v) is 8.55. The molecule has 0 amide bonds. The first-order valence-electron chi connectivity index (χ1n) is 8.55. The van der Waals surface area contributed by atoms with Gasteiger partial charge in [0, 0.05) is 0 Å². The predicted molar refractivity (Wildman–Crippen MR) is 96.6 cm³/mol. The molecule has 0 aliphatic heterocycles. The lowest BCUT2D eigenvalue weighted by Crippen LogP contribution is -2.08. The lowest BCUT2D eigenvalue weighted by Gasteiger charge is -2.12. The van der Waals surface area contributed by atoms with Gasteiger partial charge in [0.1, 0.15) is 0 Å². The molecule has 5 nitrogen and oxygen atoms in total. The third-order valence-electron chi connectivity index (χ3n) is 4.17. The Morgan fingerprint density at radius 1 is 1.12 bits per heavy atom. The van der Waals surface area contributed by atoms with Gasteiger partial charge in [0.15, 0.2) is 5.65 Å². The summed E-state index contributed by atoms with van der Waals surface area (Å²) in [6.07, 6.45) is 20.5. The van der Waals surface area contributed by atoms with Crippen molar-refractivity contribution in [1.82, 2.24) is 25.0 Å². The van der Waals surface area contributed by atoms with Crippen LogP contribution >= 0.6 is 0 Å². The van der Waals surface area contributed by atoms with E-state index in [0.717, 1.165) is 37.0 Å². The van der Waals surface area contributed by atoms with Gasteiger partial charge in [-0.25, -0.2) is 14.6 Å². The minimum Gasteiger partial charge on any atom is -0.230 e. The predicted octanol–water partition coefficient (Wildman–Crippen LogP) is 4.12. The summed E-state index contributed by atoms with van der Waals surface area (Å²) in [6, 6.07) is 0.255. The van der Waals surface area contributed by atoms with E-state index < -0.39 is 0 Å². The summed E-state index contributed by atoms with van der Waals surface area (Å²) < 4.78 is 1.91. The Kier molecular flexibility index (Phi) is 5.31. The summed E-state index contributed by atoms with van der Waals surface area (Å²) in [5.41, 5.74) is 3.74. The van der Waals surface area contributed by atoms with Crippen molar-refractivity contribution in [3.8, 4) is 0 Å². The van der Waals surface area contributed by atoms with E-state index in [1.54, 1.807) is 6.20 Å². The van der Waals surface area contributed by atoms with Crippen LogP contribution in [0.1, 0.15) is 44.8 Å². The monoisotopic (exact) mass is 321 g/mol. The fraction of sp³-hybridized carbons (Fsp3) is 0.368. The average molecular weight is 321 g/mol. The van der Waals surface area contributed by atoms with Crippen LogP contribution in [0.3, 0.4) is 0 Å². The molecule has 0 N–H and O–H groups in total. The largest absolute Gasteiger partial charge is 0.230 e. The fourth-order valence-corrected chi connectivity index (χ4v) is 2.73. The SMILES string of the molecule is CCc1cnc2nnn(C(C)CCCC3=C/C=C\C=C/C=C\3)c2n1. The van der Waals surface area contributed by atoms with Gasteiger partial charge in [-0.05, 0) is 38.2 Å². The van der Waals surface area contributed by atoms with E-state index in [4.69, 9.17) is 0 Å². The molecule has 0 radical (unpaired) electrons. The van der Waals surface area contributed by atoms with Gasteiger partial charge in [-0.2, -0.15) is 0 Å². The van der Waals surface area contributed by atoms with E-state index in [0.29, 0.717) is 5.65 Å². The third kappa shape index (κ3) is 3.85. The van der Waals surface area contributed by atoms with E-state index in [1.165, 1.54) is 5.57 Å². The molecule has 0 saturated heterocycles. The molecule has 1 atom stereocenters. The Labute approximate surface area is 142 Å². The molecule has 5 heteroatoms. The molecule has 0 saturated carbocycles. The van der Waals surface area contributed by atoms with Crippen LogP contribution < -0.4 is 0 Å². The normalized spacial score (nSPS) is 21.5. The molecule has 2 aromatic heterocycles. The van der Waals surface area contributed by atoms with Gasteiger partial charge in [-0.3, -0.25) is 0 Å². The summed E-state index contributed by atoms with van der Waals surface area (Å²) in [5.74, 6) is 0. The number of aryl methyl sites for hydroxylation is 1. The summed E-state index contributed by atoms with van der Waals surface area (Å²) in [7, 11) is 0. The highest BCUT2D eigenvalue weighted by molar-refractivity contribution is 5.64. The molecule has 0 spiro atoms. The summed E-state index contributed by atoms with van der Waals surface area (Å²) in [4.78, 5) is 8.97. The van der Waals surface area contributed by atoms with Gasteiger partial charge in [0.05, 0.1) is 17.9 Å². The maximum atomic E-state index is 4.63. The van der Waals surface area contributed by atoms with Crippen molar-refractivity contribution in [3.05, 3.63) is 60.0 Å². The lowest BCUT2D eigenvalue weighted by atomic mass is 10.0. The van der Waals surface area contributed by atoms with Gasteiger partial charge >= 0.3 is 0 Å². The van der Waals surface area contributed by atoms with E-state index in [1.807, 2.05) is 10.8 Å². The highest BCUT2D eigenvalue weighted by atomic mass is 15.5. The van der Waals surface area contributed by atoms with Crippen molar-refractivity contribution >= 4 is 11.3 Å². The Morgan fingerprint density at radius 3 is 2.83 bits per heavy atom. The number of hydrogen-bond donors (Lipinski definition) is 0. The fourth-order valence-electron chi connectivity index (χ4n) is 2.73. The quantitative estimate of drug-likeness (QED) is 0.803. The van der Waals surface area contributed by atoms with E-state index in [2.05, 4.69) is 70.6 Å². The second-order valence-corrected chi connectivity index (χ2v) is 6.01. The summed E-state index contributed by atoms with van der Waals surface area (Å²) in [5, 5.41) is 8.39. The Balaban J connectivity index is 1.64. The Bertz CT molecular complexity index is 810. The van der Waals surface area contributed by atoms with Crippen molar-refractivity contribution in [1.29, 1.82) is 0 Å². The molecule has 1 unspecified atom stereocenters. The van der Waals surface area contributed by atoms with Crippen LogP contribution in [0.5, 0.6) is 0 Å². The smallest absolute Gasteiger partial charge is 0.221 e. The molecule has 2 aromatic rings. The number of rotatable bonds is 6. The average Bonchev–Trinajstić information content (AvgIpc) is 2.99. The van der Waals surface area contributed by atoms with Gasteiger partial charge in [0.2, 0.25) is 5.65 Å². The van der Waals surface area contributed by atoms with Crippen molar-refractivity contribution < 1.29 is 0 Å². The highest BCUT2D eigenvalue weighted by Crippen LogP contribution is 2.20.